The number of piperidine rings is 1. The van der Waals surface area contributed by atoms with E-state index >= 15 is 0 Å². The average molecular weight is 534 g/mol. The molecule has 3 rings (SSSR count). The number of halogens is 3. The standard InChI is InChI=1S/C21H23Cl3N4O4S/c22-15-10-17(23)20(18(24)11-15)33(31,32)26-19(5-9-27-6-1-2-16(27)12-25)21(30)28-7-3-14(13-29)4-8-28/h1-2,6,10-11,14,19,26,29H,3-5,7-9,13H2. The van der Waals surface area contributed by atoms with Crippen molar-refractivity contribution < 1.29 is 18.3 Å². The minimum Gasteiger partial charge on any atom is -0.396 e. The van der Waals surface area contributed by atoms with Crippen molar-refractivity contribution in [2.45, 2.75) is 36.7 Å². The Labute approximate surface area is 207 Å². The molecule has 8 nitrogen and oxygen atoms in total. The molecule has 0 saturated carbocycles. The summed E-state index contributed by atoms with van der Waals surface area (Å²) in [6.07, 6.45) is 3.05. The molecule has 2 aromatic rings. The van der Waals surface area contributed by atoms with Crippen molar-refractivity contribution in [3.63, 3.8) is 0 Å². The van der Waals surface area contributed by atoms with Gasteiger partial charge in [0.1, 0.15) is 22.7 Å². The van der Waals surface area contributed by atoms with Gasteiger partial charge in [-0.25, -0.2) is 8.42 Å². The van der Waals surface area contributed by atoms with Crippen molar-refractivity contribution in [2.24, 2.45) is 5.92 Å². The van der Waals surface area contributed by atoms with Gasteiger partial charge >= 0.3 is 0 Å². The molecule has 1 atom stereocenters. The minimum absolute atomic E-state index is 0.0518. The second-order valence-electron chi connectivity index (χ2n) is 7.81. The number of likely N-dealkylation sites (tertiary alicyclic amines) is 1. The van der Waals surface area contributed by atoms with Crippen LogP contribution in [0.25, 0.3) is 0 Å². The summed E-state index contributed by atoms with van der Waals surface area (Å²) < 4.78 is 30.5. The molecule has 1 amide bonds. The molecule has 0 radical (unpaired) electrons. The fraction of sp³-hybridized carbons (Fsp3) is 0.429. The highest BCUT2D eigenvalue weighted by Gasteiger charge is 2.33. The zero-order valence-electron chi connectivity index (χ0n) is 17.5. The van der Waals surface area contributed by atoms with Crippen LogP contribution in [0.4, 0.5) is 0 Å². The van der Waals surface area contributed by atoms with Crippen molar-refractivity contribution in [1.29, 1.82) is 5.26 Å². The normalized spacial score (nSPS) is 15.9. The van der Waals surface area contributed by atoms with Crippen molar-refractivity contribution in [1.82, 2.24) is 14.2 Å². The maximum atomic E-state index is 13.3. The third-order valence-corrected chi connectivity index (χ3v) is 8.23. The zero-order valence-corrected chi connectivity index (χ0v) is 20.6. The van der Waals surface area contributed by atoms with Gasteiger partial charge in [-0.1, -0.05) is 34.8 Å². The molecule has 1 fully saturated rings. The van der Waals surface area contributed by atoms with Crippen LogP contribution in [-0.4, -0.2) is 54.6 Å². The number of nitrogens with zero attached hydrogens (tertiary/aromatic N) is 3. The number of sulfonamides is 1. The number of aromatic nitrogens is 1. The van der Waals surface area contributed by atoms with E-state index in [1.165, 1.54) is 12.1 Å². The van der Waals surface area contributed by atoms with Gasteiger partial charge in [-0.3, -0.25) is 4.79 Å². The quantitative estimate of drug-likeness (QED) is 0.540. The second-order valence-corrected chi connectivity index (χ2v) is 10.7. The van der Waals surface area contributed by atoms with Crippen molar-refractivity contribution in [2.75, 3.05) is 19.7 Å². The van der Waals surface area contributed by atoms with Gasteiger partial charge in [-0.2, -0.15) is 9.98 Å². The molecule has 1 saturated heterocycles. The summed E-state index contributed by atoms with van der Waals surface area (Å²) in [5.41, 5.74) is 0.400. The first-order chi connectivity index (χ1) is 15.7. The third-order valence-electron chi connectivity index (χ3n) is 5.61. The molecular formula is C21H23Cl3N4O4S. The Morgan fingerprint density at radius 2 is 1.88 bits per heavy atom. The summed E-state index contributed by atoms with van der Waals surface area (Å²) in [6, 6.07) is 6.80. The van der Waals surface area contributed by atoms with Crippen LogP contribution in [0.2, 0.25) is 15.1 Å². The van der Waals surface area contributed by atoms with Crippen molar-refractivity contribution in [3.05, 3.63) is 51.2 Å². The largest absolute Gasteiger partial charge is 0.396 e. The summed E-state index contributed by atoms with van der Waals surface area (Å²) >= 11 is 18.1. The van der Waals surface area contributed by atoms with E-state index in [2.05, 4.69) is 10.8 Å². The highest BCUT2D eigenvalue weighted by molar-refractivity contribution is 7.89. The van der Waals surface area contributed by atoms with E-state index in [0.717, 1.165) is 0 Å². The number of benzene rings is 1. The van der Waals surface area contributed by atoms with Gasteiger partial charge in [0.25, 0.3) is 0 Å². The Morgan fingerprint density at radius 3 is 2.45 bits per heavy atom. The number of hydrogen-bond acceptors (Lipinski definition) is 5. The molecule has 1 aromatic heterocycles. The Morgan fingerprint density at radius 1 is 1.24 bits per heavy atom. The average Bonchev–Trinajstić information content (AvgIpc) is 3.22. The van der Waals surface area contributed by atoms with Gasteiger partial charge in [0, 0.05) is 37.5 Å². The third kappa shape index (κ3) is 6.21. The first kappa shape index (κ1) is 25.8. The minimum atomic E-state index is -4.28. The van der Waals surface area contributed by atoms with Gasteiger partial charge in [0.2, 0.25) is 15.9 Å². The van der Waals surface area contributed by atoms with E-state index in [1.807, 2.05) is 0 Å². The summed E-state index contributed by atoms with van der Waals surface area (Å²) in [7, 11) is -4.28. The second kappa shape index (κ2) is 11.1. The number of nitrogens with one attached hydrogen (secondary N) is 1. The fourth-order valence-corrected chi connectivity index (χ4v) is 6.57. The zero-order chi connectivity index (χ0) is 24.2. The number of rotatable bonds is 8. The Hall–Kier alpha value is -1.80. The molecule has 0 aliphatic carbocycles. The maximum Gasteiger partial charge on any atom is 0.244 e. The summed E-state index contributed by atoms with van der Waals surface area (Å²) in [4.78, 5) is 14.5. The SMILES string of the molecule is N#Cc1cccn1CCC(NS(=O)(=O)c1c(Cl)cc(Cl)cc1Cl)C(=O)N1CCC(CO)CC1. The van der Waals surface area contributed by atoms with E-state index in [-0.39, 0.29) is 51.4 Å². The van der Waals surface area contributed by atoms with Crippen LogP contribution in [0, 0.1) is 17.2 Å². The van der Waals surface area contributed by atoms with E-state index in [1.54, 1.807) is 27.8 Å². The molecular weight excluding hydrogens is 511 g/mol. The van der Waals surface area contributed by atoms with E-state index in [4.69, 9.17) is 34.8 Å². The number of aliphatic hydroxyl groups is 1. The number of aryl methyl sites for hydroxylation is 1. The van der Waals surface area contributed by atoms with Gasteiger partial charge < -0.3 is 14.6 Å². The van der Waals surface area contributed by atoms with Crippen molar-refractivity contribution >= 4 is 50.7 Å². The Balaban J connectivity index is 1.86. The van der Waals surface area contributed by atoms with Crippen LogP contribution in [0.15, 0.2) is 35.4 Å². The van der Waals surface area contributed by atoms with Gasteiger partial charge in [-0.15, -0.1) is 0 Å². The number of carbonyl (C=O) groups excluding carboxylic acids is 1. The number of carbonyl (C=O) groups is 1. The number of nitriles is 1. The smallest absolute Gasteiger partial charge is 0.244 e. The lowest BCUT2D eigenvalue weighted by molar-refractivity contribution is -0.134. The molecule has 178 valence electrons. The molecule has 1 aromatic carbocycles. The van der Waals surface area contributed by atoms with Gasteiger partial charge in [0.05, 0.1) is 10.0 Å². The summed E-state index contributed by atoms with van der Waals surface area (Å²) in [6.45, 7) is 1.12. The molecule has 0 bridgehead atoms. The lowest BCUT2D eigenvalue weighted by Crippen LogP contribution is -2.51. The summed E-state index contributed by atoms with van der Waals surface area (Å²) in [5.74, 6) is -0.268. The van der Waals surface area contributed by atoms with Crippen LogP contribution in [0.3, 0.4) is 0 Å². The molecule has 2 N–H and O–H groups in total. The Kier molecular flexibility index (Phi) is 8.67. The molecule has 1 unspecified atom stereocenters. The van der Waals surface area contributed by atoms with E-state index in [0.29, 0.717) is 31.6 Å². The van der Waals surface area contributed by atoms with E-state index < -0.39 is 16.1 Å². The Bertz CT molecular complexity index is 1130. The van der Waals surface area contributed by atoms with Crippen LogP contribution in [0.1, 0.15) is 25.0 Å². The molecule has 0 spiro atoms. The van der Waals surface area contributed by atoms with E-state index in [9.17, 15) is 23.6 Å². The first-order valence-electron chi connectivity index (χ1n) is 10.3. The monoisotopic (exact) mass is 532 g/mol. The van der Waals surface area contributed by atoms with Gasteiger partial charge in [-0.05, 0) is 49.4 Å². The van der Waals surface area contributed by atoms with Crippen LogP contribution in [0.5, 0.6) is 0 Å². The first-order valence-corrected chi connectivity index (χ1v) is 12.9. The molecule has 12 heteroatoms. The lowest BCUT2D eigenvalue weighted by Gasteiger charge is -2.34. The van der Waals surface area contributed by atoms with Gasteiger partial charge in [0.15, 0.2) is 0 Å². The predicted octanol–water partition coefficient (Wildman–Crippen LogP) is 3.29. The molecule has 1 aliphatic heterocycles. The van der Waals surface area contributed by atoms with Crippen LogP contribution < -0.4 is 4.72 Å². The summed E-state index contributed by atoms with van der Waals surface area (Å²) in [5, 5.41) is 18.5. The number of amides is 1. The molecule has 1 aliphatic rings. The highest BCUT2D eigenvalue weighted by atomic mass is 35.5. The highest BCUT2D eigenvalue weighted by Crippen LogP contribution is 2.33. The number of aliphatic hydroxyl groups excluding tert-OH is 1. The fourth-order valence-electron chi connectivity index (χ4n) is 3.80. The molecule has 2 heterocycles. The predicted molar refractivity (Wildman–Crippen MR) is 126 cm³/mol. The lowest BCUT2D eigenvalue weighted by atomic mass is 9.97. The van der Waals surface area contributed by atoms with Crippen LogP contribution >= 0.6 is 34.8 Å². The van der Waals surface area contributed by atoms with Crippen molar-refractivity contribution in [3.8, 4) is 6.07 Å². The molecule has 33 heavy (non-hydrogen) atoms. The topological polar surface area (TPSA) is 115 Å². The van der Waals surface area contributed by atoms with Crippen LogP contribution in [-0.2, 0) is 21.4 Å². The maximum absolute atomic E-state index is 13.3. The number of hydrogen-bond donors (Lipinski definition) is 2.